The maximum atomic E-state index is 12.9. The van der Waals surface area contributed by atoms with Crippen LogP contribution in [0.5, 0.6) is 0 Å². The Bertz CT molecular complexity index is 883. The second kappa shape index (κ2) is 7.84. The zero-order chi connectivity index (χ0) is 18.8. The van der Waals surface area contributed by atoms with Gasteiger partial charge in [0.2, 0.25) is 0 Å². The van der Waals surface area contributed by atoms with Crippen molar-refractivity contribution in [2.24, 2.45) is 4.99 Å². The number of carbonyl (C=O) groups is 1. The van der Waals surface area contributed by atoms with Crippen LogP contribution >= 0.6 is 27.7 Å². The summed E-state index contributed by atoms with van der Waals surface area (Å²) in [6.07, 6.45) is 3.95. The fraction of sp³-hybridized carbons (Fsp3) is 0.300. The summed E-state index contributed by atoms with van der Waals surface area (Å²) in [6, 6.07) is 12.3. The number of halogens is 1. The molecular weight excluding hydrogens is 410 g/mol. The van der Waals surface area contributed by atoms with Crippen LogP contribution in [0.25, 0.3) is 11.8 Å². The van der Waals surface area contributed by atoms with E-state index in [0.717, 1.165) is 21.0 Å². The average Bonchev–Trinajstić information content (AvgIpc) is 3.12. The van der Waals surface area contributed by atoms with Gasteiger partial charge >= 0.3 is 0 Å². The molecule has 1 aromatic carbocycles. The number of aliphatic imine (C=N–C) groups is 1. The molecule has 0 saturated carbocycles. The van der Waals surface area contributed by atoms with Crippen LogP contribution in [-0.2, 0) is 4.79 Å². The third kappa shape index (κ3) is 3.96. The van der Waals surface area contributed by atoms with Gasteiger partial charge in [-0.25, -0.2) is 0 Å². The third-order valence-electron chi connectivity index (χ3n) is 3.87. The molecule has 1 aliphatic rings. The van der Waals surface area contributed by atoms with Crippen molar-refractivity contribution in [3.05, 3.63) is 57.7 Å². The normalized spacial score (nSPS) is 18.1. The Kier molecular flexibility index (Phi) is 5.73. The molecule has 1 amide bonds. The number of amides is 1. The van der Waals surface area contributed by atoms with Crippen LogP contribution in [0, 0.1) is 0 Å². The molecule has 6 heteroatoms. The number of carbonyl (C=O) groups excluding carboxylic acids is 1. The first-order valence-electron chi connectivity index (χ1n) is 8.61. The summed E-state index contributed by atoms with van der Waals surface area (Å²) in [6.45, 7) is 8.08. The molecule has 136 valence electrons. The molecule has 2 aromatic rings. The molecule has 1 aromatic heterocycles. The number of hydrogen-bond acceptors (Lipinski definition) is 3. The quantitative estimate of drug-likeness (QED) is 0.613. The molecule has 1 aliphatic heterocycles. The molecule has 0 N–H and O–H groups in total. The number of benzene rings is 1. The van der Waals surface area contributed by atoms with Crippen molar-refractivity contribution in [2.45, 2.75) is 39.8 Å². The van der Waals surface area contributed by atoms with Gasteiger partial charge in [-0.2, -0.15) is 0 Å². The Morgan fingerprint density at radius 2 is 1.92 bits per heavy atom. The van der Waals surface area contributed by atoms with Gasteiger partial charge in [0.05, 0.1) is 4.91 Å². The molecule has 2 heterocycles. The van der Waals surface area contributed by atoms with Crippen molar-refractivity contribution < 1.29 is 4.79 Å². The molecule has 1 fully saturated rings. The molecule has 0 atom stereocenters. The molecule has 3 rings (SSSR count). The predicted octanol–water partition coefficient (Wildman–Crippen LogP) is 5.33. The molecule has 4 nitrogen and oxygen atoms in total. The minimum atomic E-state index is 0.0198. The van der Waals surface area contributed by atoms with E-state index in [1.807, 2.05) is 70.3 Å². The number of rotatable bonds is 4. The van der Waals surface area contributed by atoms with Crippen molar-refractivity contribution in [3.63, 3.8) is 0 Å². The first-order valence-corrected chi connectivity index (χ1v) is 10.2. The Balaban J connectivity index is 1.99. The van der Waals surface area contributed by atoms with Gasteiger partial charge in [-0.1, -0.05) is 22.0 Å². The minimum absolute atomic E-state index is 0.0198. The van der Waals surface area contributed by atoms with E-state index in [1.165, 1.54) is 11.8 Å². The number of amidine groups is 1. The zero-order valence-electron chi connectivity index (χ0n) is 15.3. The molecular formula is C20H22BrN3OS. The molecule has 26 heavy (non-hydrogen) atoms. The fourth-order valence-electron chi connectivity index (χ4n) is 2.76. The Hall–Kier alpha value is -1.79. The van der Waals surface area contributed by atoms with E-state index in [-0.39, 0.29) is 18.0 Å². The van der Waals surface area contributed by atoms with Crippen molar-refractivity contribution in [1.29, 1.82) is 0 Å². The van der Waals surface area contributed by atoms with Crippen LogP contribution in [0.4, 0.5) is 0 Å². The topological polar surface area (TPSA) is 37.6 Å². The van der Waals surface area contributed by atoms with E-state index in [9.17, 15) is 4.79 Å². The minimum Gasteiger partial charge on any atom is -0.317 e. The van der Waals surface area contributed by atoms with Crippen molar-refractivity contribution in [3.8, 4) is 5.69 Å². The van der Waals surface area contributed by atoms with E-state index in [0.29, 0.717) is 4.91 Å². The molecule has 0 unspecified atom stereocenters. The van der Waals surface area contributed by atoms with Gasteiger partial charge in [0.1, 0.15) is 0 Å². The third-order valence-corrected chi connectivity index (χ3v) is 5.36. The lowest BCUT2D eigenvalue weighted by Gasteiger charge is -2.20. The van der Waals surface area contributed by atoms with Gasteiger partial charge in [0, 0.05) is 34.1 Å². The fourth-order valence-corrected chi connectivity index (χ4v) is 4.36. The first-order chi connectivity index (χ1) is 12.4. The SMILES string of the molecule is CC(C)N=C1S/C(=C/c2cccn2-c2cccc(Br)c2)C(=O)N1C(C)C. The number of thioether (sulfide) groups is 1. The van der Waals surface area contributed by atoms with E-state index in [1.54, 1.807) is 4.90 Å². The Morgan fingerprint density at radius 3 is 2.58 bits per heavy atom. The highest BCUT2D eigenvalue weighted by atomic mass is 79.9. The van der Waals surface area contributed by atoms with E-state index >= 15 is 0 Å². The Labute approximate surface area is 167 Å². The molecule has 0 aliphatic carbocycles. The van der Waals surface area contributed by atoms with E-state index < -0.39 is 0 Å². The smallest absolute Gasteiger partial charge is 0.267 e. The summed E-state index contributed by atoms with van der Waals surface area (Å²) in [4.78, 5) is 20.0. The number of hydrogen-bond donors (Lipinski definition) is 0. The maximum absolute atomic E-state index is 12.9. The summed E-state index contributed by atoms with van der Waals surface area (Å²) >= 11 is 4.97. The van der Waals surface area contributed by atoms with Crippen LogP contribution in [0.3, 0.4) is 0 Å². The van der Waals surface area contributed by atoms with E-state index in [2.05, 4.69) is 31.6 Å². The summed E-state index contributed by atoms with van der Waals surface area (Å²) in [7, 11) is 0. The van der Waals surface area contributed by atoms with Gasteiger partial charge in [-0.15, -0.1) is 0 Å². The second-order valence-corrected chi connectivity index (χ2v) is 8.59. The molecule has 0 radical (unpaired) electrons. The van der Waals surface area contributed by atoms with Gasteiger partial charge in [-0.05, 0) is 75.9 Å². The summed E-state index contributed by atoms with van der Waals surface area (Å²) in [5.41, 5.74) is 2.01. The van der Waals surface area contributed by atoms with Gasteiger partial charge < -0.3 is 4.57 Å². The van der Waals surface area contributed by atoms with Crippen LogP contribution in [0.15, 0.2) is 57.0 Å². The van der Waals surface area contributed by atoms with Crippen molar-refractivity contribution in [2.75, 3.05) is 0 Å². The zero-order valence-corrected chi connectivity index (χ0v) is 17.7. The molecule has 1 saturated heterocycles. The lowest BCUT2D eigenvalue weighted by atomic mass is 10.3. The second-order valence-electron chi connectivity index (χ2n) is 6.67. The standard InChI is InChI=1S/C20H22BrN3OS/c1-13(2)22-20-24(14(3)4)19(25)18(26-20)12-17-9-6-10-23(17)16-8-5-7-15(21)11-16/h5-14H,1-4H3/b18-12+,22-20?. The van der Waals surface area contributed by atoms with Crippen LogP contribution in [0.1, 0.15) is 33.4 Å². The van der Waals surface area contributed by atoms with Crippen LogP contribution in [0.2, 0.25) is 0 Å². The van der Waals surface area contributed by atoms with Gasteiger partial charge in [-0.3, -0.25) is 14.7 Å². The highest BCUT2D eigenvalue weighted by Gasteiger charge is 2.35. The molecule has 0 spiro atoms. The number of aromatic nitrogens is 1. The lowest BCUT2D eigenvalue weighted by Crippen LogP contribution is -2.35. The highest BCUT2D eigenvalue weighted by Crippen LogP contribution is 2.34. The summed E-state index contributed by atoms with van der Waals surface area (Å²) in [5, 5.41) is 0.784. The Morgan fingerprint density at radius 1 is 1.15 bits per heavy atom. The maximum Gasteiger partial charge on any atom is 0.267 e. The lowest BCUT2D eigenvalue weighted by molar-refractivity contribution is -0.123. The average molecular weight is 432 g/mol. The van der Waals surface area contributed by atoms with Crippen molar-refractivity contribution in [1.82, 2.24) is 9.47 Å². The van der Waals surface area contributed by atoms with Crippen LogP contribution < -0.4 is 0 Å². The van der Waals surface area contributed by atoms with Gasteiger partial charge in [0.25, 0.3) is 5.91 Å². The highest BCUT2D eigenvalue weighted by molar-refractivity contribution is 9.10. The predicted molar refractivity (Wildman–Crippen MR) is 114 cm³/mol. The monoisotopic (exact) mass is 431 g/mol. The number of nitrogens with zero attached hydrogens (tertiary/aromatic N) is 3. The largest absolute Gasteiger partial charge is 0.317 e. The summed E-state index contributed by atoms with van der Waals surface area (Å²) in [5.74, 6) is 0.0198. The van der Waals surface area contributed by atoms with Crippen LogP contribution in [-0.4, -0.2) is 32.6 Å². The van der Waals surface area contributed by atoms with Crippen molar-refractivity contribution >= 4 is 44.8 Å². The van der Waals surface area contributed by atoms with E-state index in [4.69, 9.17) is 0 Å². The summed E-state index contributed by atoms with van der Waals surface area (Å²) < 4.78 is 3.09. The van der Waals surface area contributed by atoms with Gasteiger partial charge in [0.15, 0.2) is 5.17 Å². The first kappa shape index (κ1) is 19.0. The molecule has 0 bridgehead atoms.